The molecule has 0 radical (unpaired) electrons. The SMILES string of the molecule is CC1=NC2[C@@H](O1)OC(CO)[C@@H](O[C@@H]1OC(CC3CC(C)C(C)C(C)C3)[C@H](C)[C@H](O)C1O)[C@@H]2O. The lowest BCUT2D eigenvalue weighted by Crippen LogP contribution is -2.62. The Morgan fingerprint density at radius 3 is 2.21 bits per heavy atom. The van der Waals surface area contributed by atoms with Crippen molar-refractivity contribution in [2.45, 2.75) is 109 Å². The van der Waals surface area contributed by atoms with Gasteiger partial charge in [-0.25, -0.2) is 4.99 Å². The maximum atomic E-state index is 10.9. The lowest BCUT2D eigenvalue weighted by atomic mass is 9.68. The van der Waals surface area contributed by atoms with Gasteiger partial charge in [0.25, 0.3) is 0 Å². The first kappa shape index (κ1) is 25.3. The van der Waals surface area contributed by atoms with Crippen LogP contribution in [0.2, 0.25) is 0 Å². The molecule has 0 aromatic heterocycles. The highest BCUT2D eigenvalue weighted by Crippen LogP contribution is 2.42. The normalized spacial score (nSPS) is 52.7. The van der Waals surface area contributed by atoms with Crippen molar-refractivity contribution in [1.29, 1.82) is 0 Å². The monoisotopic (exact) mass is 471 g/mol. The van der Waals surface area contributed by atoms with Crippen LogP contribution in [0.3, 0.4) is 0 Å². The van der Waals surface area contributed by atoms with Gasteiger partial charge in [-0.2, -0.15) is 0 Å². The van der Waals surface area contributed by atoms with Crippen molar-refractivity contribution in [3.8, 4) is 0 Å². The van der Waals surface area contributed by atoms with Crippen LogP contribution in [-0.4, -0.2) is 88.2 Å². The first-order chi connectivity index (χ1) is 15.6. The summed E-state index contributed by atoms with van der Waals surface area (Å²) in [6, 6.07) is -0.689. The molecule has 0 bridgehead atoms. The molecule has 3 fully saturated rings. The van der Waals surface area contributed by atoms with Gasteiger partial charge in [0.15, 0.2) is 12.2 Å². The first-order valence-corrected chi connectivity index (χ1v) is 12.4. The highest BCUT2D eigenvalue weighted by molar-refractivity contribution is 5.75. The lowest BCUT2D eigenvalue weighted by Gasteiger charge is -2.47. The Hall–Kier alpha value is -0.810. The van der Waals surface area contributed by atoms with E-state index in [9.17, 15) is 20.4 Å². The predicted molar refractivity (Wildman–Crippen MR) is 119 cm³/mol. The van der Waals surface area contributed by atoms with E-state index in [0.717, 1.165) is 19.3 Å². The number of hydrogen-bond acceptors (Lipinski definition) is 9. The van der Waals surface area contributed by atoms with Gasteiger partial charge in [0, 0.05) is 12.8 Å². The Morgan fingerprint density at radius 1 is 0.909 bits per heavy atom. The molecule has 0 amide bonds. The number of ether oxygens (including phenoxy) is 4. The molecule has 3 aliphatic heterocycles. The molecule has 3 heterocycles. The number of aliphatic hydroxyl groups is 4. The van der Waals surface area contributed by atoms with Gasteiger partial charge in [0.2, 0.25) is 6.29 Å². The Balaban J connectivity index is 1.45. The zero-order chi connectivity index (χ0) is 24.0. The van der Waals surface area contributed by atoms with E-state index in [1.165, 1.54) is 0 Å². The van der Waals surface area contributed by atoms with E-state index in [-0.39, 0.29) is 12.0 Å². The minimum atomic E-state index is -1.28. The highest BCUT2D eigenvalue weighted by atomic mass is 16.7. The number of aliphatic hydroxyl groups excluding tert-OH is 4. The first-order valence-electron chi connectivity index (χ1n) is 12.4. The predicted octanol–water partition coefficient (Wildman–Crippen LogP) is 1.06. The molecule has 4 rings (SSSR count). The van der Waals surface area contributed by atoms with Crippen LogP contribution in [0.5, 0.6) is 0 Å². The summed E-state index contributed by atoms with van der Waals surface area (Å²) in [5.74, 6) is 2.56. The van der Waals surface area contributed by atoms with Crippen molar-refractivity contribution in [1.82, 2.24) is 0 Å². The third-order valence-corrected chi connectivity index (χ3v) is 8.56. The van der Waals surface area contributed by atoms with Crippen LogP contribution in [0.1, 0.15) is 53.9 Å². The summed E-state index contributed by atoms with van der Waals surface area (Å²) >= 11 is 0. The Morgan fingerprint density at radius 2 is 1.58 bits per heavy atom. The summed E-state index contributed by atoms with van der Waals surface area (Å²) in [6.45, 7) is 10.1. The van der Waals surface area contributed by atoms with Crippen LogP contribution < -0.4 is 0 Å². The fourth-order valence-corrected chi connectivity index (χ4v) is 6.13. The highest BCUT2D eigenvalue weighted by Gasteiger charge is 2.52. The Bertz CT molecular complexity index is 694. The molecule has 1 aliphatic carbocycles. The molecule has 6 unspecified atom stereocenters. The van der Waals surface area contributed by atoms with Crippen LogP contribution in [0, 0.1) is 29.6 Å². The minimum Gasteiger partial charge on any atom is -0.450 e. The van der Waals surface area contributed by atoms with Crippen molar-refractivity contribution in [2.24, 2.45) is 34.6 Å². The molecule has 9 nitrogen and oxygen atoms in total. The van der Waals surface area contributed by atoms with E-state index < -0.39 is 55.7 Å². The van der Waals surface area contributed by atoms with Crippen molar-refractivity contribution < 1.29 is 39.4 Å². The van der Waals surface area contributed by atoms with E-state index in [4.69, 9.17) is 18.9 Å². The summed E-state index contributed by atoms with van der Waals surface area (Å²) < 4.78 is 23.4. The van der Waals surface area contributed by atoms with Crippen LogP contribution in [-0.2, 0) is 18.9 Å². The van der Waals surface area contributed by atoms with E-state index in [0.29, 0.717) is 29.6 Å². The average molecular weight is 472 g/mol. The topological polar surface area (TPSA) is 130 Å². The summed E-state index contributed by atoms with van der Waals surface area (Å²) in [5, 5.41) is 42.2. The number of fused-ring (bicyclic) bond motifs is 1. The van der Waals surface area contributed by atoms with Crippen molar-refractivity contribution in [2.75, 3.05) is 6.61 Å². The molecule has 1 saturated carbocycles. The third-order valence-electron chi connectivity index (χ3n) is 8.56. The summed E-state index contributed by atoms with van der Waals surface area (Å²) in [7, 11) is 0. The van der Waals surface area contributed by atoms with Crippen LogP contribution >= 0.6 is 0 Å². The quantitative estimate of drug-likeness (QED) is 0.468. The molecular formula is C24H41NO8. The van der Waals surface area contributed by atoms with Crippen molar-refractivity contribution in [3.63, 3.8) is 0 Å². The van der Waals surface area contributed by atoms with Crippen molar-refractivity contribution >= 4 is 5.90 Å². The molecule has 190 valence electrons. The van der Waals surface area contributed by atoms with Gasteiger partial charge in [0.05, 0.1) is 18.8 Å². The van der Waals surface area contributed by atoms with E-state index >= 15 is 0 Å². The largest absolute Gasteiger partial charge is 0.450 e. The van der Waals surface area contributed by atoms with Gasteiger partial charge < -0.3 is 39.4 Å². The van der Waals surface area contributed by atoms with Crippen LogP contribution in [0.15, 0.2) is 4.99 Å². The maximum absolute atomic E-state index is 10.9. The van der Waals surface area contributed by atoms with Crippen molar-refractivity contribution in [3.05, 3.63) is 0 Å². The van der Waals surface area contributed by atoms with Crippen LogP contribution in [0.25, 0.3) is 0 Å². The molecule has 33 heavy (non-hydrogen) atoms. The fourth-order valence-electron chi connectivity index (χ4n) is 6.13. The molecule has 4 aliphatic rings. The number of hydrogen-bond donors (Lipinski definition) is 4. The number of rotatable bonds is 5. The molecule has 2 saturated heterocycles. The fraction of sp³-hybridized carbons (Fsp3) is 0.958. The zero-order valence-electron chi connectivity index (χ0n) is 20.3. The Kier molecular flexibility index (Phi) is 7.70. The molecular weight excluding hydrogens is 430 g/mol. The minimum absolute atomic E-state index is 0.258. The molecule has 4 N–H and O–H groups in total. The van der Waals surface area contributed by atoms with Crippen LogP contribution in [0.4, 0.5) is 0 Å². The molecule has 12 atom stereocenters. The maximum Gasteiger partial charge on any atom is 0.227 e. The second-order valence-corrected chi connectivity index (χ2v) is 10.8. The Labute approximate surface area is 196 Å². The number of aliphatic imine (C=N–C) groups is 1. The summed E-state index contributed by atoms with van der Waals surface area (Å²) in [6.07, 6.45) is -4.52. The van der Waals surface area contributed by atoms with Gasteiger partial charge in [-0.15, -0.1) is 0 Å². The average Bonchev–Trinajstić information content (AvgIpc) is 3.15. The van der Waals surface area contributed by atoms with E-state index in [2.05, 4.69) is 25.8 Å². The zero-order valence-corrected chi connectivity index (χ0v) is 20.3. The summed E-state index contributed by atoms with van der Waals surface area (Å²) in [5.41, 5.74) is 0. The van der Waals surface area contributed by atoms with Gasteiger partial charge in [-0.3, -0.25) is 0 Å². The van der Waals surface area contributed by atoms with E-state index in [1.807, 2.05) is 6.92 Å². The second-order valence-electron chi connectivity index (χ2n) is 10.8. The standard InChI is InChI=1S/C24H41NO8/c1-10-6-15(7-11(2)12(10)3)8-16-13(4)19(27)21(29)24(31-16)33-22-17(9-26)32-23-18(20(22)28)25-14(5)30-23/h10-13,15-24,26-29H,6-9H2,1-5H3/t10?,11?,12?,13-,15?,16?,17?,18?,19-,20+,21?,22+,23-,24-/m0/s1. The molecule has 9 heteroatoms. The smallest absolute Gasteiger partial charge is 0.227 e. The number of nitrogens with zero attached hydrogens (tertiary/aromatic N) is 1. The molecule has 0 aromatic rings. The van der Waals surface area contributed by atoms with Gasteiger partial charge in [0.1, 0.15) is 30.5 Å². The van der Waals surface area contributed by atoms with E-state index in [1.54, 1.807) is 6.92 Å². The van der Waals surface area contributed by atoms with Gasteiger partial charge in [-0.05, 0) is 42.9 Å². The molecule has 0 aromatic carbocycles. The third kappa shape index (κ3) is 4.96. The van der Waals surface area contributed by atoms with Gasteiger partial charge in [-0.1, -0.05) is 27.7 Å². The van der Waals surface area contributed by atoms with Gasteiger partial charge >= 0.3 is 0 Å². The molecule has 0 spiro atoms. The lowest BCUT2D eigenvalue weighted by molar-refractivity contribution is -0.334. The second kappa shape index (κ2) is 10.0. The summed E-state index contributed by atoms with van der Waals surface area (Å²) in [4.78, 5) is 4.27.